The minimum Gasteiger partial charge on any atom is -0.265 e. The molecule has 108 valence electrons. The Hall–Kier alpha value is -1.27. The van der Waals surface area contributed by atoms with Crippen LogP contribution in [0.25, 0.3) is 29.9 Å². The molecule has 0 atom stereocenters. The third-order valence-electron chi connectivity index (χ3n) is 3.24. The van der Waals surface area contributed by atoms with Crippen molar-refractivity contribution >= 4 is 49.9 Å². The van der Waals surface area contributed by atoms with Crippen LogP contribution in [0.4, 0.5) is 0 Å². The number of pyridine rings is 1. The molecule has 4 rings (SSSR count). The molecule has 0 aliphatic carbocycles. The molecule has 22 heavy (non-hydrogen) atoms. The Morgan fingerprint density at radius 1 is 0.591 bits per heavy atom. The predicted molar refractivity (Wildman–Crippen MR) is 102 cm³/mol. The van der Waals surface area contributed by atoms with Gasteiger partial charge in [-0.3, -0.25) is 4.98 Å². The number of hydrogen-bond donors (Lipinski definition) is 0. The largest absolute Gasteiger partial charge is 0.265 e. The highest BCUT2D eigenvalue weighted by Crippen LogP contribution is 2.42. The van der Waals surface area contributed by atoms with Crippen LogP contribution in [0, 0.1) is 0 Å². The fourth-order valence-electron chi connectivity index (χ4n) is 2.19. The minimum atomic E-state index is 1.17. The Morgan fingerprint density at radius 3 is 1.68 bits per heavy atom. The average Bonchev–Trinajstić information content (AvgIpc) is 3.27. The van der Waals surface area contributed by atoms with Gasteiger partial charge < -0.3 is 0 Å². The van der Waals surface area contributed by atoms with Crippen LogP contribution in [0.1, 0.15) is 0 Å². The summed E-state index contributed by atoms with van der Waals surface area (Å²) in [5.74, 6) is 0. The van der Waals surface area contributed by atoms with Gasteiger partial charge in [0.15, 0.2) is 0 Å². The van der Waals surface area contributed by atoms with Gasteiger partial charge >= 0.3 is 0 Å². The summed E-state index contributed by atoms with van der Waals surface area (Å²) in [7, 11) is 0. The van der Waals surface area contributed by atoms with Crippen molar-refractivity contribution in [1.29, 1.82) is 0 Å². The fraction of sp³-hybridized carbons (Fsp3) is 0. The quantitative estimate of drug-likeness (QED) is 0.357. The van der Waals surface area contributed by atoms with Crippen molar-refractivity contribution in [3.8, 4) is 29.9 Å². The first-order valence-electron chi connectivity index (χ1n) is 6.66. The third kappa shape index (κ3) is 2.82. The smallest absolute Gasteiger partial charge is 0.0705 e. The molecule has 0 bridgehead atoms. The molecule has 0 saturated heterocycles. The van der Waals surface area contributed by atoms with Crippen molar-refractivity contribution < 1.29 is 0 Å². The van der Waals surface area contributed by atoms with E-state index in [0.29, 0.717) is 0 Å². The lowest BCUT2D eigenvalue weighted by molar-refractivity contribution is 1.33. The Bertz CT molecular complexity index is 905. The average molecular weight is 404 g/mol. The van der Waals surface area contributed by atoms with Gasteiger partial charge in [0, 0.05) is 36.8 Å². The number of aromatic nitrogens is 1. The highest BCUT2D eigenvalue weighted by atomic mass is 79.9. The monoisotopic (exact) mass is 403 g/mol. The van der Waals surface area contributed by atoms with E-state index in [9.17, 15) is 0 Å². The molecule has 0 aromatic carbocycles. The maximum absolute atomic E-state index is 4.08. The molecule has 0 N–H and O–H groups in total. The summed E-state index contributed by atoms with van der Waals surface area (Å²) < 4.78 is 1.17. The van der Waals surface area contributed by atoms with Crippen molar-refractivity contribution in [2.45, 2.75) is 0 Å². The molecule has 0 saturated carbocycles. The molecule has 5 heteroatoms. The highest BCUT2D eigenvalue weighted by Gasteiger charge is 2.09. The van der Waals surface area contributed by atoms with Gasteiger partial charge in [-0.1, -0.05) is 0 Å². The van der Waals surface area contributed by atoms with E-state index in [-0.39, 0.29) is 0 Å². The van der Waals surface area contributed by atoms with E-state index < -0.39 is 0 Å². The van der Waals surface area contributed by atoms with Crippen molar-refractivity contribution in [3.63, 3.8) is 0 Å². The molecule has 0 unspecified atom stereocenters. The molecule has 0 fully saturated rings. The number of hydrogen-bond acceptors (Lipinski definition) is 4. The lowest BCUT2D eigenvalue weighted by Gasteiger charge is -1.94. The number of rotatable bonds is 3. The normalized spacial score (nSPS) is 11.0. The zero-order valence-corrected chi connectivity index (χ0v) is 15.4. The molecular formula is C17H10BrNS3. The number of nitrogens with zero attached hydrogens (tertiary/aromatic N) is 1. The van der Waals surface area contributed by atoms with Gasteiger partial charge in [0.1, 0.15) is 0 Å². The van der Waals surface area contributed by atoms with E-state index in [4.69, 9.17) is 0 Å². The molecular weight excluding hydrogens is 394 g/mol. The summed E-state index contributed by atoms with van der Waals surface area (Å²) in [5.41, 5.74) is 1.23. The summed E-state index contributed by atoms with van der Waals surface area (Å²) in [6.45, 7) is 0. The molecule has 1 nitrogen and oxygen atoms in total. The Balaban J connectivity index is 1.66. The summed E-state index contributed by atoms with van der Waals surface area (Å²) in [5, 5.41) is 0. The molecule has 0 aliphatic rings. The van der Waals surface area contributed by atoms with E-state index in [1.54, 1.807) is 11.3 Å². The van der Waals surface area contributed by atoms with Crippen LogP contribution in [-0.2, 0) is 0 Å². The van der Waals surface area contributed by atoms with Crippen LogP contribution in [0.15, 0.2) is 64.7 Å². The zero-order chi connectivity index (χ0) is 14.9. The lowest BCUT2D eigenvalue weighted by Crippen LogP contribution is -1.71. The zero-order valence-electron chi connectivity index (χ0n) is 11.3. The van der Waals surface area contributed by atoms with Crippen molar-refractivity contribution in [2.24, 2.45) is 0 Å². The highest BCUT2D eigenvalue weighted by molar-refractivity contribution is 9.11. The van der Waals surface area contributed by atoms with Gasteiger partial charge in [-0.25, -0.2) is 0 Å². The van der Waals surface area contributed by atoms with Crippen LogP contribution in [0.3, 0.4) is 0 Å². The predicted octanol–water partition coefficient (Wildman–Crippen LogP) is 7.03. The Morgan fingerprint density at radius 2 is 1.09 bits per heavy atom. The van der Waals surface area contributed by atoms with Crippen LogP contribution in [0.2, 0.25) is 0 Å². The summed E-state index contributed by atoms with van der Waals surface area (Å²) in [6.07, 6.45) is 3.68. The summed E-state index contributed by atoms with van der Waals surface area (Å²) >= 11 is 8.98. The second-order valence-corrected chi connectivity index (χ2v) is 9.30. The van der Waals surface area contributed by atoms with Crippen LogP contribution in [-0.4, -0.2) is 4.98 Å². The van der Waals surface area contributed by atoms with E-state index in [1.807, 2.05) is 35.1 Å². The second kappa shape index (κ2) is 6.08. The van der Waals surface area contributed by atoms with Gasteiger partial charge in [-0.15, -0.1) is 34.0 Å². The van der Waals surface area contributed by atoms with Crippen LogP contribution >= 0.6 is 49.9 Å². The SMILES string of the molecule is Brc1ccc(-c2ccc(-c3ccc(-c4ccncc4)s3)s2)s1. The van der Waals surface area contributed by atoms with Crippen LogP contribution < -0.4 is 0 Å². The first-order chi connectivity index (χ1) is 10.8. The maximum atomic E-state index is 4.08. The fourth-order valence-corrected chi connectivity index (χ4v) is 5.78. The molecule has 4 aromatic rings. The summed E-state index contributed by atoms with van der Waals surface area (Å²) in [4.78, 5) is 10.6. The minimum absolute atomic E-state index is 1.17. The molecule has 0 radical (unpaired) electrons. The van der Waals surface area contributed by atoms with Gasteiger partial charge in [0.2, 0.25) is 0 Å². The van der Waals surface area contributed by atoms with E-state index >= 15 is 0 Å². The maximum Gasteiger partial charge on any atom is 0.0705 e. The lowest BCUT2D eigenvalue weighted by atomic mass is 10.2. The number of halogens is 1. The standard InChI is InChI=1S/C17H10BrNS3/c18-17-6-5-16(22-17)15-4-3-14(21-15)13-2-1-12(20-13)11-7-9-19-10-8-11/h1-10H. The van der Waals surface area contributed by atoms with Gasteiger partial charge in [0.05, 0.1) is 3.79 Å². The third-order valence-corrected chi connectivity index (χ3v) is 7.47. The molecule has 0 aliphatic heterocycles. The molecule has 0 spiro atoms. The van der Waals surface area contributed by atoms with E-state index in [2.05, 4.69) is 69.4 Å². The van der Waals surface area contributed by atoms with Gasteiger partial charge in [-0.05, 0) is 70.0 Å². The Kier molecular flexibility index (Phi) is 3.96. The van der Waals surface area contributed by atoms with Gasteiger partial charge in [-0.2, -0.15) is 0 Å². The first-order valence-corrected chi connectivity index (χ1v) is 9.90. The van der Waals surface area contributed by atoms with Crippen molar-refractivity contribution in [1.82, 2.24) is 4.98 Å². The summed E-state index contributed by atoms with van der Waals surface area (Å²) in [6, 6.07) is 17.2. The topological polar surface area (TPSA) is 12.9 Å². The first kappa shape index (κ1) is 14.3. The van der Waals surface area contributed by atoms with E-state index in [1.165, 1.54) is 33.7 Å². The van der Waals surface area contributed by atoms with E-state index in [0.717, 1.165) is 0 Å². The van der Waals surface area contributed by atoms with Crippen molar-refractivity contribution in [3.05, 3.63) is 64.7 Å². The molecule has 4 aromatic heterocycles. The van der Waals surface area contributed by atoms with Gasteiger partial charge in [0.25, 0.3) is 0 Å². The molecule has 4 heterocycles. The second-order valence-electron chi connectivity index (χ2n) is 4.67. The Labute approximate surface area is 149 Å². The van der Waals surface area contributed by atoms with Crippen molar-refractivity contribution in [2.75, 3.05) is 0 Å². The van der Waals surface area contributed by atoms with Crippen LogP contribution in [0.5, 0.6) is 0 Å². The number of thiophene rings is 3. The molecule has 0 amide bonds.